The maximum atomic E-state index is 12.7. The molecule has 1 atom stereocenters. The van der Waals surface area contributed by atoms with Gasteiger partial charge in [0.1, 0.15) is 0 Å². The van der Waals surface area contributed by atoms with Crippen molar-refractivity contribution in [1.82, 2.24) is 4.72 Å². The molecule has 0 spiro atoms. The molecular weight excluding hydrogens is 395 g/mol. The van der Waals surface area contributed by atoms with E-state index in [4.69, 9.17) is 4.74 Å². The molecule has 3 rings (SSSR count). The van der Waals surface area contributed by atoms with Crippen LogP contribution in [0.3, 0.4) is 0 Å². The minimum atomic E-state index is -4.47. The summed E-state index contributed by atoms with van der Waals surface area (Å²) in [6.07, 6.45) is -3.54. The summed E-state index contributed by atoms with van der Waals surface area (Å²) in [6.45, 7) is 0.491. The molecule has 150 valence electrons. The van der Waals surface area contributed by atoms with Gasteiger partial charge >= 0.3 is 6.18 Å². The van der Waals surface area contributed by atoms with Gasteiger partial charge in [-0.2, -0.15) is 13.2 Å². The summed E-state index contributed by atoms with van der Waals surface area (Å²) < 4.78 is 70.0. The van der Waals surface area contributed by atoms with Crippen LogP contribution >= 0.6 is 0 Å². The molecule has 1 heterocycles. The van der Waals surface area contributed by atoms with Crippen molar-refractivity contribution in [3.05, 3.63) is 59.7 Å². The number of hydrogen-bond donors (Lipinski definition) is 1. The second-order valence-corrected chi connectivity index (χ2v) is 8.24. The summed E-state index contributed by atoms with van der Waals surface area (Å²) in [5.74, 6) is -1.16. The Balaban J connectivity index is 1.82. The maximum Gasteiger partial charge on any atom is 0.416 e. The van der Waals surface area contributed by atoms with Crippen molar-refractivity contribution in [3.63, 3.8) is 0 Å². The number of carbonyl (C=O) groups is 1. The molecule has 1 saturated heterocycles. The molecule has 1 amide bonds. The van der Waals surface area contributed by atoms with Crippen LogP contribution in [0.5, 0.6) is 0 Å². The van der Waals surface area contributed by atoms with E-state index in [1.807, 2.05) is 4.72 Å². The lowest BCUT2D eigenvalue weighted by molar-refractivity contribution is -0.137. The van der Waals surface area contributed by atoms with E-state index in [9.17, 15) is 26.4 Å². The summed E-state index contributed by atoms with van der Waals surface area (Å²) >= 11 is 0. The van der Waals surface area contributed by atoms with Crippen LogP contribution in [0.1, 0.15) is 28.8 Å². The van der Waals surface area contributed by atoms with Gasteiger partial charge in [0.15, 0.2) is 0 Å². The number of carbonyl (C=O) groups excluding carboxylic acids is 1. The fourth-order valence-electron chi connectivity index (χ4n) is 3.03. The Hall–Kier alpha value is -2.39. The predicted octanol–water partition coefficient (Wildman–Crippen LogP) is 3.61. The minimum Gasteiger partial charge on any atom is -0.377 e. The molecule has 2 aromatic carbocycles. The number of halogens is 3. The molecular formula is C19H18F3NO4S. The Bertz CT molecular complexity index is 950. The Morgan fingerprint density at radius 3 is 2.39 bits per heavy atom. The van der Waals surface area contributed by atoms with Crippen LogP contribution in [-0.2, 0) is 20.9 Å². The van der Waals surface area contributed by atoms with Gasteiger partial charge in [-0.25, -0.2) is 13.1 Å². The van der Waals surface area contributed by atoms with Gasteiger partial charge in [0.25, 0.3) is 5.91 Å². The van der Waals surface area contributed by atoms with Gasteiger partial charge in [0.05, 0.1) is 17.4 Å². The molecule has 2 aromatic rings. The molecule has 1 aliphatic rings. The topological polar surface area (TPSA) is 72.5 Å². The maximum absolute atomic E-state index is 12.7. The summed E-state index contributed by atoms with van der Waals surface area (Å²) in [4.78, 5) is 12.5. The fraction of sp³-hybridized carbons (Fsp3) is 0.316. The zero-order valence-corrected chi connectivity index (χ0v) is 15.5. The molecule has 0 radical (unpaired) electrons. The van der Waals surface area contributed by atoms with Crippen molar-refractivity contribution in [2.45, 2.75) is 25.1 Å². The van der Waals surface area contributed by atoms with Gasteiger partial charge in [0, 0.05) is 12.2 Å². The highest BCUT2D eigenvalue weighted by atomic mass is 32.2. The van der Waals surface area contributed by atoms with Gasteiger partial charge in [-0.05, 0) is 42.2 Å². The zero-order chi connectivity index (χ0) is 20.4. The van der Waals surface area contributed by atoms with Crippen LogP contribution in [0.2, 0.25) is 0 Å². The Morgan fingerprint density at radius 1 is 1.11 bits per heavy atom. The molecule has 1 aliphatic heterocycles. The van der Waals surface area contributed by atoms with E-state index in [1.165, 1.54) is 18.2 Å². The third kappa shape index (κ3) is 4.90. The first kappa shape index (κ1) is 20.3. The van der Waals surface area contributed by atoms with Crippen LogP contribution < -0.4 is 4.72 Å². The smallest absolute Gasteiger partial charge is 0.377 e. The van der Waals surface area contributed by atoms with E-state index >= 15 is 0 Å². The van der Waals surface area contributed by atoms with Crippen LogP contribution in [0.25, 0.3) is 11.1 Å². The van der Waals surface area contributed by atoms with Gasteiger partial charge in [-0.15, -0.1) is 0 Å². The second-order valence-electron chi connectivity index (χ2n) is 6.47. The first-order valence-corrected chi connectivity index (χ1v) is 10.2. The Kier molecular flexibility index (Phi) is 5.76. The number of rotatable bonds is 5. The van der Waals surface area contributed by atoms with Crippen LogP contribution in [-0.4, -0.2) is 32.8 Å². The van der Waals surface area contributed by atoms with E-state index in [0.717, 1.165) is 18.6 Å². The molecule has 1 unspecified atom stereocenters. The van der Waals surface area contributed by atoms with Crippen molar-refractivity contribution >= 4 is 15.9 Å². The van der Waals surface area contributed by atoms with E-state index in [0.29, 0.717) is 24.2 Å². The lowest BCUT2D eigenvalue weighted by Gasteiger charge is -2.14. The third-order valence-electron chi connectivity index (χ3n) is 4.37. The van der Waals surface area contributed by atoms with Gasteiger partial charge < -0.3 is 4.74 Å². The molecule has 0 bridgehead atoms. The Morgan fingerprint density at radius 2 is 1.79 bits per heavy atom. The quantitative estimate of drug-likeness (QED) is 0.813. The molecule has 0 saturated carbocycles. The summed E-state index contributed by atoms with van der Waals surface area (Å²) in [5, 5.41) is 0. The van der Waals surface area contributed by atoms with Crippen molar-refractivity contribution in [3.8, 4) is 11.1 Å². The number of nitrogens with one attached hydrogen (secondary N) is 1. The SMILES string of the molecule is O=C(NS(=O)(=O)CC1CCCO1)c1ccccc1-c1ccc(C(F)(F)F)cc1. The molecule has 28 heavy (non-hydrogen) atoms. The third-order valence-corrected chi connectivity index (χ3v) is 5.68. The van der Waals surface area contributed by atoms with E-state index in [1.54, 1.807) is 18.2 Å². The first-order chi connectivity index (χ1) is 13.2. The van der Waals surface area contributed by atoms with Crippen molar-refractivity contribution in [2.24, 2.45) is 0 Å². The average Bonchev–Trinajstić information content (AvgIpc) is 3.13. The van der Waals surface area contributed by atoms with Gasteiger partial charge in [-0.3, -0.25) is 4.79 Å². The predicted molar refractivity (Wildman–Crippen MR) is 97.1 cm³/mol. The van der Waals surface area contributed by atoms with Gasteiger partial charge in [-0.1, -0.05) is 30.3 Å². The number of sulfonamides is 1. The number of ether oxygens (including phenoxy) is 1. The standard InChI is InChI=1S/C19H18F3NO4S/c20-19(21,22)14-9-7-13(8-10-14)16-5-1-2-6-17(16)18(24)23-28(25,26)12-15-4-3-11-27-15/h1-2,5-10,15H,3-4,11-12H2,(H,23,24). The molecule has 9 heteroatoms. The molecule has 1 fully saturated rings. The average molecular weight is 413 g/mol. The number of amides is 1. The van der Waals surface area contributed by atoms with Crippen molar-refractivity contribution < 1.29 is 31.1 Å². The molecule has 1 N–H and O–H groups in total. The first-order valence-electron chi connectivity index (χ1n) is 8.59. The van der Waals surface area contributed by atoms with Crippen molar-refractivity contribution in [2.75, 3.05) is 12.4 Å². The second kappa shape index (κ2) is 7.92. The van der Waals surface area contributed by atoms with Crippen LogP contribution in [0.15, 0.2) is 48.5 Å². The largest absolute Gasteiger partial charge is 0.416 e. The van der Waals surface area contributed by atoms with E-state index < -0.39 is 33.8 Å². The zero-order valence-electron chi connectivity index (χ0n) is 14.7. The normalized spacial score (nSPS) is 17.5. The van der Waals surface area contributed by atoms with Gasteiger partial charge in [0.2, 0.25) is 10.0 Å². The van der Waals surface area contributed by atoms with E-state index in [2.05, 4.69) is 0 Å². The highest BCUT2D eigenvalue weighted by molar-refractivity contribution is 7.90. The molecule has 0 aliphatic carbocycles. The summed E-state index contributed by atoms with van der Waals surface area (Å²) in [5.41, 5.74) is -0.0492. The van der Waals surface area contributed by atoms with E-state index in [-0.39, 0.29) is 11.3 Å². The highest BCUT2D eigenvalue weighted by Crippen LogP contribution is 2.31. The van der Waals surface area contributed by atoms with Crippen molar-refractivity contribution in [1.29, 1.82) is 0 Å². The van der Waals surface area contributed by atoms with Crippen LogP contribution in [0, 0.1) is 0 Å². The summed E-state index contributed by atoms with van der Waals surface area (Å²) in [7, 11) is -3.91. The number of hydrogen-bond acceptors (Lipinski definition) is 4. The number of alkyl halides is 3. The fourth-order valence-corrected chi connectivity index (χ4v) is 4.26. The molecule has 5 nitrogen and oxygen atoms in total. The monoisotopic (exact) mass is 413 g/mol. The molecule has 0 aromatic heterocycles. The highest BCUT2D eigenvalue weighted by Gasteiger charge is 2.30. The number of benzene rings is 2. The lowest BCUT2D eigenvalue weighted by atomic mass is 9.98. The van der Waals surface area contributed by atoms with Crippen LogP contribution in [0.4, 0.5) is 13.2 Å². The minimum absolute atomic E-state index is 0.0539. The Labute approximate surface area is 160 Å². The lowest BCUT2D eigenvalue weighted by Crippen LogP contribution is -2.36. The summed E-state index contributed by atoms with van der Waals surface area (Å²) in [6, 6.07) is 10.5.